The van der Waals surface area contributed by atoms with Crippen LogP contribution in [0.1, 0.15) is 44.7 Å². The fraction of sp³-hybridized carbons (Fsp3) is 0.458. The van der Waals surface area contributed by atoms with Crippen LogP contribution in [0.5, 0.6) is 0 Å². The van der Waals surface area contributed by atoms with Crippen molar-refractivity contribution in [3.8, 4) is 0 Å². The largest absolute Gasteiger partial charge is 0.444 e. The van der Waals surface area contributed by atoms with Crippen molar-refractivity contribution in [1.82, 2.24) is 4.90 Å². The van der Waals surface area contributed by atoms with Crippen LogP contribution >= 0.6 is 7.92 Å². The number of ether oxygens (including phenoxy) is 1. The van der Waals surface area contributed by atoms with Crippen LogP contribution in [0.15, 0.2) is 48.5 Å². The molecule has 1 aliphatic rings. The van der Waals surface area contributed by atoms with E-state index in [1.165, 1.54) is 21.7 Å². The SMILES string of the molecule is Cc1ccccc1P(C[C@@H]1CCCN1C(=O)OC(C)(C)C)c1ccccc1C. The van der Waals surface area contributed by atoms with Crippen molar-refractivity contribution in [3.63, 3.8) is 0 Å². The molecule has 4 heteroatoms. The first kappa shape index (κ1) is 20.9. The molecule has 1 amide bonds. The summed E-state index contributed by atoms with van der Waals surface area (Å²) in [6, 6.07) is 17.6. The van der Waals surface area contributed by atoms with E-state index in [0.29, 0.717) is 0 Å². The van der Waals surface area contributed by atoms with Crippen molar-refractivity contribution >= 4 is 24.6 Å². The summed E-state index contributed by atoms with van der Waals surface area (Å²) in [6.07, 6.45) is 2.92. The molecular formula is C24H32NO2P. The number of benzene rings is 2. The number of nitrogens with zero attached hydrogens (tertiary/aromatic N) is 1. The van der Waals surface area contributed by atoms with Crippen molar-refractivity contribution in [3.05, 3.63) is 59.7 Å². The van der Waals surface area contributed by atoms with Crippen molar-refractivity contribution in [1.29, 1.82) is 0 Å². The monoisotopic (exact) mass is 397 g/mol. The molecule has 0 bridgehead atoms. The number of amides is 1. The van der Waals surface area contributed by atoms with Gasteiger partial charge in [0.1, 0.15) is 5.60 Å². The topological polar surface area (TPSA) is 29.5 Å². The van der Waals surface area contributed by atoms with Gasteiger partial charge in [-0.05, 0) is 83.3 Å². The Morgan fingerprint density at radius 2 is 1.57 bits per heavy atom. The molecule has 0 spiro atoms. The molecule has 150 valence electrons. The van der Waals surface area contributed by atoms with Gasteiger partial charge in [-0.25, -0.2) is 4.79 Å². The summed E-state index contributed by atoms with van der Waals surface area (Å²) in [7, 11) is -0.538. The quantitative estimate of drug-likeness (QED) is 0.669. The average Bonchev–Trinajstić information content (AvgIpc) is 3.08. The highest BCUT2D eigenvalue weighted by atomic mass is 31.1. The Kier molecular flexibility index (Phi) is 6.45. The molecule has 28 heavy (non-hydrogen) atoms. The molecule has 1 aliphatic heterocycles. The van der Waals surface area contributed by atoms with Gasteiger partial charge < -0.3 is 9.64 Å². The van der Waals surface area contributed by atoms with Crippen LogP contribution < -0.4 is 10.6 Å². The van der Waals surface area contributed by atoms with Crippen LogP contribution in [0.2, 0.25) is 0 Å². The van der Waals surface area contributed by atoms with Crippen molar-refractivity contribution < 1.29 is 9.53 Å². The zero-order valence-corrected chi connectivity index (χ0v) is 18.6. The maximum absolute atomic E-state index is 12.8. The third kappa shape index (κ3) is 4.94. The van der Waals surface area contributed by atoms with E-state index in [1.54, 1.807) is 0 Å². The third-order valence-corrected chi connectivity index (χ3v) is 8.16. The maximum Gasteiger partial charge on any atom is 0.410 e. The number of carbonyl (C=O) groups is 1. The number of carbonyl (C=O) groups excluding carboxylic acids is 1. The number of likely N-dealkylation sites (tertiary alicyclic amines) is 1. The summed E-state index contributed by atoms with van der Waals surface area (Å²) in [5.41, 5.74) is 2.21. The average molecular weight is 397 g/mol. The van der Waals surface area contributed by atoms with Gasteiger partial charge in [-0.1, -0.05) is 48.5 Å². The third-order valence-electron chi connectivity index (χ3n) is 5.21. The fourth-order valence-corrected chi connectivity index (χ4v) is 6.84. The minimum Gasteiger partial charge on any atom is -0.444 e. The second-order valence-corrected chi connectivity index (χ2v) is 10.8. The Hall–Kier alpha value is -1.86. The zero-order valence-electron chi connectivity index (χ0n) is 17.7. The van der Waals surface area contributed by atoms with Gasteiger partial charge in [0.25, 0.3) is 0 Å². The zero-order chi connectivity index (χ0) is 20.3. The van der Waals surface area contributed by atoms with Crippen molar-refractivity contribution in [2.24, 2.45) is 0 Å². The Balaban J connectivity index is 1.91. The molecule has 1 heterocycles. The van der Waals surface area contributed by atoms with Gasteiger partial charge in [0, 0.05) is 12.6 Å². The lowest BCUT2D eigenvalue weighted by Crippen LogP contribution is -2.42. The van der Waals surface area contributed by atoms with Crippen molar-refractivity contribution in [2.75, 3.05) is 12.7 Å². The van der Waals surface area contributed by atoms with Crippen LogP contribution in [0.4, 0.5) is 4.79 Å². The number of rotatable bonds is 4. The molecule has 1 fully saturated rings. The Bertz CT molecular complexity index is 782. The lowest BCUT2D eigenvalue weighted by Gasteiger charge is -2.32. The van der Waals surface area contributed by atoms with Crippen LogP contribution in [-0.2, 0) is 4.74 Å². The normalized spacial score (nSPS) is 17.2. The first-order chi connectivity index (χ1) is 13.3. The molecule has 0 radical (unpaired) electrons. The van der Waals surface area contributed by atoms with Gasteiger partial charge in [0.2, 0.25) is 0 Å². The van der Waals surface area contributed by atoms with E-state index < -0.39 is 13.5 Å². The minimum atomic E-state index is -0.538. The molecule has 2 aromatic carbocycles. The molecule has 0 aromatic heterocycles. The lowest BCUT2D eigenvalue weighted by atomic mass is 10.2. The van der Waals surface area contributed by atoms with Gasteiger partial charge in [0.05, 0.1) is 0 Å². The molecule has 3 rings (SSSR count). The molecule has 0 aliphatic carbocycles. The van der Waals surface area contributed by atoms with E-state index in [-0.39, 0.29) is 12.1 Å². The van der Waals surface area contributed by atoms with Gasteiger partial charge in [-0.2, -0.15) is 0 Å². The van der Waals surface area contributed by atoms with Crippen LogP contribution in [0.3, 0.4) is 0 Å². The van der Waals surface area contributed by atoms with E-state index in [9.17, 15) is 4.79 Å². The van der Waals surface area contributed by atoms with Crippen LogP contribution in [0.25, 0.3) is 0 Å². The van der Waals surface area contributed by atoms with E-state index in [2.05, 4.69) is 62.4 Å². The fourth-order valence-electron chi connectivity index (χ4n) is 3.86. The van der Waals surface area contributed by atoms with Crippen molar-refractivity contribution in [2.45, 2.75) is 59.1 Å². The standard InChI is InChI=1S/C24H32NO2P/c1-18-11-6-8-14-21(18)28(22-15-9-7-12-19(22)2)17-20-13-10-16-25(20)23(26)27-24(3,4)5/h6-9,11-12,14-15,20H,10,13,16-17H2,1-5H3/t20-/m0/s1. The van der Waals surface area contributed by atoms with E-state index in [0.717, 1.165) is 25.5 Å². The highest BCUT2D eigenvalue weighted by Crippen LogP contribution is 2.40. The highest BCUT2D eigenvalue weighted by Gasteiger charge is 2.34. The molecule has 0 N–H and O–H groups in total. The first-order valence-corrected chi connectivity index (χ1v) is 11.7. The summed E-state index contributed by atoms with van der Waals surface area (Å²) in [6.45, 7) is 11.0. The van der Waals surface area contributed by atoms with Crippen LogP contribution in [0, 0.1) is 13.8 Å². The van der Waals surface area contributed by atoms with E-state index in [1.807, 2.05) is 25.7 Å². The van der Waals surface area contributed by atoms with Gasteiger partial charge in [0.15, 0.2) is 0 Å². The summed E-state index contributed by atoms with van der Waals surface area (Å²) in [5, 5.41) is 2.84. The lowest BCUT2D eigenvalue weighted by molar-refractivity contribution is 0.0241. The van der Waals surface area contributed by atoms with E-state index in [4.69, 9.17) is 4.74 Å². The second kappa shape index (κ2) is 8.66. The summed E-state index contributed by atoms with van der Waals surface area (Å²) in [5.74, 6) is 0. The minimum absolute atomic E-state index is 0.167. The number of hydrogen-bond donors (Lipinski definition) is 0. The predicted octanol–water partition coefficient (Wildman–Crippen LogP) is 5.14. The number of aryl methyl sites for hydroxylation is 2. The first-order valence-electron chi connectivity index (χ1n) is 10.1. The molecule has 0 saturated carbocycles. The maximum atomic E-state index is 12.8. The molecule has 2 aromatic rings. The Morgan fingerprint density at radius 3 is 2.07 bits per heavy atom. The van der Waals surface area contributed by atoms with E-state index >= 15 is 0 Å². The second-order valence-electron chi connectivity index (χ2n) is 8.65. The number of hydrogen-bond acceptors (Lipinski definition) is 2. The molecule has 3 nitrogen and oxygen atoms in total. The Labute approximate surface area is 170 Å². The molecule has 1 atom stereocenters. The van der Waals surface area contributed by atoms with Gasteiger partial charge in [-0.3, -0.25) is 0 Å². The predicted molar refractivity (Wildman–Crippen MR) is 119 cm³/mol. The van der Waals surface area contributed by atoms with Crippen LogP contribution in [-0.4, -0.2) is 35.3 Å². The highest BCUT2D eigenvalue weighted by molar-refractivity contribution is 7.73. The Morgan fingerprint density at radius 1 is 1.04 bits per heavy atom. The molecule has 1 saturated heterocycles. The van der Waals surface area contributed by atoms with Gasteiger partial charge in [-0.15, -0.1) is 0 Å². The summed E-state index contributed by atoms with van der Waals surface area (Å²) < 4.78 is 5.69. The molecule has 0 unspecified atom stereocenters. The van der Waals surface area contributed by atoms with Gasteiger partial charge >= 0.3 is 6.09 Å². The molecular weight excluding hydrogens is 365 g/mol. The summed E-state index contributed by atoms with van der Waals surface area (Å²) >= 11 is 0. The smallest absolute Gasteiger partial charge is 0.410 e. The summed E-state index contributed by atoms with van der Waals surface area (Å²) in [4.78, 5) is 14.7.